The Bertz CT molecular complexity index is 1500. The first-order chi connectivity index (χ1) is 29.3. The third-order valence-electron chi connectivity index (χ3n) is 11.0. The zero-order valence-electron chi connectivity index (χ0n) is 40.2. The number of pyridine rings is 2. The first-order valence-electron chi connectivity index (χ1n) is 23.3. The SMILES string of the molecule is CO[C@H](C)CN(CCCCc1ccc2c(n1)NCCC2)CC[C@H](N)C(=O)OC(C)(C)C.CO[C@H](C)CN(CCCCc1ccc2c(n1)NCCC2)CC[C@H](N)C(=O)OC(C)(C)C. The Morgan fingerprint density at radius 2 is 1.03 bits per heavy atom. The minimum Gasteiger partial charge on any atom is -0.459 e. The van der Waals surface area contributed by atoms with E-state index in [9.17, 15) is 9.59 Å². The lowest BCUT2D eigenvalue weighted by Gasteiger charge is -2.27. The van der Waals surface area contributed by atoms with E-state index in [0.29, 0.717) is 12.8 Å². The zero-order valence-corrected chi connectivity index (χ0v) is 40.2. The predicted octanol–water partition coefficient (Wildman–Crippen LogP) is 6.32. The molecule has 4 rings (SSSR count). The summed E-state index contributed by atoms with van der Waals surface area (Å²) in [5, 5.41) is 6.81. The zero-order chi connectivity index (χ0) is 45.7. The average Bonchev–Trinajstić information content (AvgIpc) is 3.23. The normalized spacial score (nSPS) is 15.8. The molecule has 2 aromatic heterocycles. The first kappa shape index (κ1) is 52.9. The standard InChI is InChI=1S/2C24H42N4O3/c2*1-18(30-5)17-28(16-13-21(25)23(29)31-24(2,3)4)15-7-6-10-20-12-11-19-9-8-14-26-22(19)27-20/h2*11-12,18,21H,6-10,13-17,25H2,1-5H3,(H,26,27)/t2*18-,21+/m11/s1. The fourth-order valence-electron chi connectivity index (χ4n) is 7.40. The third kappa shape index (κ3) is 21.3. The van der Waals surface area contributed by atoms with Crippen LogP contribution in [0.15, 0.2) is 24.3 Å². The number of unbranched alkanes of at least 4 members (excludes halogenated alkanes) is 2. The highest BCUT2D eigenvalue weighted by Crippen LogP contribution is 2.22. The topological polar surface area (TPSA) is 179 Å². The number of rotatable bonds is 24. The number of nitrogens with two attached hydrogens (primary N) is 2. The number of esters is 2. The Morgan fingerprint density at radius 3 is 1.39 bits per heavy atom. The van der Waals surface area contributed by atoms with Crippen molar-refractivity contribution in [3.8, 4) is 0 Å². The van der Waals surface area contributed by atoms with E-state index in [-0.39, 0.29) is 24.1 Å². The minimum atomic E-state index is -0.605. The van der Waals surface area contributed by atoms with Crippen molar-refractivity contribution in [1.29, 1.82) is 0 Å². The first-order valence-corrected chi connectivity index (χ1v) is 23.3. The fraction of sp³-hybridized carbons (Fsp3) is 0.750. The van der Waals surface area contributed by atoms with Gasteiger partial charge in [0.1, 0.15) is 34.9 Å². The number of carbonyl (C=O) groups is 2. The summed E-state index contributed by atoms with van der Waals surface area (Å²) < 4.78 is 21.7. The largest absolute Gasteiger partial charge is 0.459 e. The smallest absolute Gasteiger partial charge is 0.323 e. The van der Waals surface area contributed by atoms with Crippen LogP contribution < -0.4 is 22.1 Å². The van der Waals surface area contributed by atoms with Gasteiger partial charge in [-0.15, -0.1) is 0 Å². The molecule has 0 bridgehead atoms. The quantitative estimate of drug-likeness (QED) is 0.0681. The number of nitrogens with zero attached hydrogens (tertiary/aromatic N) is 4. The molecule has 62 heavy (non-hydrogen) atoms. The van der Waals surface area contributed by atoms with E-state index in [0.717, 1.165) is 127 Å². The molecule has 2 aromatic rings. The number of nitrogens with one attached hydrogen (secondary N) is 2. The van der Waals surface area contributed by atoms with Gasteiger partial charge >= 0.3 is 11.9 Å². The number of aryl methyl sites for hydroxylation is 4. The summed E-state index contributed by atoms with van der Waals surface area (Å²) in [5.41, 5.74) is 16.1. The van der Waals surface area contributed by atoms with Crippen molar-refractivity contribution in [2.45, 2.75) is 168 Å². The lowest BCUT2D eigenvalue weighted by Crippen LogP contribution is -2.41. The van der Waals surface area contributed by atoms with Gasteiger partial charge in [0.05, 0.1) is 12.2 Å². The number of aromatic nitrogens is 2. The molecular formula is C48H84N8O6. The third-order valence-corrected chi connectivity index (χ3v) is 11.0. The molecule has 0 saturated heterocycles. The number of hydrogen-bond acceptors (Lipinski definition) is 14. The van der Waals surface area contributed by atoms with Crippen LogP contribution in [-0.2, 0) is 54.2 Å². The molecule has 352 valence electrons. The number of ether oxygens (including phenoxy) is 4. The maximum absolute atomic E-state index is 12.2. The Labute approximate surface area is 374 Å². The molecule has 0 radical (unpaired) electrons. The molecular weight excluding hydrogens is 785 g/mol. The Morgan fingerprint density at radius 1 is 0.645 bits per heavy atom. The molecule has 0 spiro atoms. The van der Waals surface area contributed by atoms with Gasteiger partial charge in [-0.05, 0) is 169 Å². The summed E-state index contributed by atoms with van der Waals surface area (Å²) in [4.78, 5) is 38.6. The number of carbonyl (C=O) groups excluding carboxylic acids is 2. The molecule has 2 aliphatic heterocycles. The van der Waals surface area contributed by atoms with E-state index < -0.39 is 23.3 Å². The number of methoxy groups -OCH3 is 2. The van der Waals surface area contributed by atoms with E-state index in [1.807, 2.05) is 41.5 Å². The number of anilines is 2. The molecule has 14 nitrogen and oxygen atoms in total. The lowest BCUT2D eigenvalue weighted by atomic mass is 10.1. The van der Waals surface area contributed by atoms with Gasteiger partial charge in [-0.1, -0.05) is 12.1 Å². The van der Waals surface area contributed by atoms with Gasteiger partial charge < -0.3 is 50.8 Å². The van der Waals surface area contributed by atoms with E-state index >= 15 is 0 Å². The maximum Gasteiger partial charge on any atom is 0.323 e. The fourth-order valence-corrected chi connectivity index (χ4v) is 7.40. The van der Waals surface area contributed by atoms with Crippen LogP contribution in [0.1, 0.15) is 129 Å². The minimum absolute atomic E-state index is 0.131. The Balaban J connectivity index is 0.000000330. The van der Waals surface area contributed by atoms with Crippen molar-refractivity contribution in [3.05, 3.63) is 46.8 Å². The molecule has 14 heteroatoms. The van der Waals surface area contributed by atoms with Crippen LogP contribution in [0.5, 0.6) is 0 Å². The van der Waals surface area contributed by atoms with Crippen molar-refractivity contribution in [2.24, 2.45) is 11.5 Å². The van der Waals surface area contributed by atoms with Crippen LogP contribution in [-0.4, -0.2) is 134 Å². The van der Waals surface area contributed by atoms with E-state index in [1.165, 1.54) is 24.0 Å². The molecule has 0 aromatic carbocycles. The van der Waals surface area contributed by atoms with Crippen molar-refractivity contribution >= 4 is 23.6 Å². The van der Waals surface area contributed by atoms with Gasteiger partial charge in [0.15, 0.2) is 0 Å². The van der Waals surface area contributed by atoms with Gasteiger partial charge in [0.2, 0.25) is 0 Å². The molecule has 6 N–H and O–H groups in total. The van der Waals surface area contributed by atoms with Crippen molar-refractivity contribution in [1.82, 2.24) is 19.8 Å². The molecule has 0 fully saturated rings. The Kier molecular flexibility index (Phi) is 23.1. The van der Waals surface area contributed by atoms with Crippen LogP contribution in [0, 0.1) is 0 Å². The number of fused-ring (bicyclic) bond motifs is 2. The molecule has 4 heterocycles. The highest BCUT2D eigenvalue weighted by atomic mass is 16.6. The lowest BCUT2D eigenvalue weighted by molar-refractivity contribution is -0.157. The van der Waals surface area contributed by atoms with Crippen LogP contribution in [0.2, 0.25) is 0 Å². The molecule has 0 aliphatic carbocycles. The van der Waals surface area contributed by atoms with Crippen molar-refractivity contribution < 1.29 is 28.5 Å². The summed E-state index contributed by atoms with van der Waals surface area (Å²) in [5.74, 6) is 1.46. The molecule has 4 atom stereocenters. The monoisotopic (exact) mass is 869 g/mol. The molecule has 0 saturated carbocycles. The second-order valence-electron chi connectivity index (χ2n) is 19.1. The second-order valence-corrected chi connectivity index (χ2v) is 19.1. The van der Waals surface area contributed by atoms with Crippen LogP contribution in [0.4, 0.5) is 11.6 Å². The van der Waals surface area contributed by atoms with Crippen LogP contribution in [0.3, 0.4) is 0 Å². The summed E-state index contributed by atoms with van der Waals surface area (Å²) in [6.45, 7) is 22.3. The summed E-state index contributed by atoms with van der Waals surface area (Å²) >= 11 is 0. The summed E-state index contributed by atoms with van der Waals surface area (Å²) in [7, 11) is 3.45. The van der Waals surface area contributed by atoms with Crippen molar-refractivity contribution in [3.63, 3.8) is 0 Å². The van der Waals surface area contributed by atoms with Crippen LogP contribution >= 0.6 is 0 Å². The molecule has 0 amide bonds. The van der Waals surface area contributed by atoms with Crippen molar-refractivity contribution in [2.75, 3.05) is 77.2 Å². The summed E-state index contributed by atoms with van der Waals surface area (Å²) in [6, 6.07) is 7.55. The van der Waals surface area contributed by atoms with E-state index in [1.54, 1.807) is 14.2 Å². The van der Waals surface area contributed by atoms with E-state index in [2.05, 4.69) is 58.5 Å². The van der Waals surface area contributed by atoms with Gasteiger partial charge in [-0.3, -0.25) is 9.59 Å². The maximum atomic E-state index is 12.2. The van der Waals surface area contributed by atoms with Gasteiger partial charge in [-0.2, -0.15) is 0 Å². The highest BCUT2D eigenvalue weighted by Gasteiger charge is 2.25. The highest BCUT2D eigenvalue weighted by molar-refractivity contribution is 5.76. The average molecular weight is 869 g/mol. The van der Waals surface area contributed by atoms with Gasteiger partial charge in [-0.25, -0.2) is 9.97 Å². The van der Waals surface area contributed by atoms with Gasteiger partial charge in [0, 0.05) is 64.9 Å². The van der Waals surface area contributed by atoms with Gasteiger partial charge in [0.25, 0.3) is 0 Å². The summed E-state index contributed by atoms with van der Waals surface area (Å²) in [6.07, 6.45) is 12.2. The van der Waals surface area contributed by atoms with E-state index in [4.69, 9.17) is 40.4 Å². The molecule has 0 unspecified atom stereocenters. The second kappa shape index (κ2) is 27.0. The molecule has 2 aliphatic rings. The van der Waals surface area contributed by atoms with Crippen LogP contribution in [0.25, 0.3) is 0 Å². The Hall–Kier alpha value is -3.40. The number of hydrogen-bond donors (Lipinski definition) is 4. The predicted molar refractivity (Wildman–Crippen MR) is 251 cm³/mol.